The number of aromatic nitrogens is 2. The van der Waals surface area contributed by atoms with E-state index >= 15 is 0 Å². The number of fused-ring (bicyclic) bond motifs is 1. The van der Waals surface area contributed by atoms with Crippen molar-refractivity contribution < 1.29 is 9.59 Å². The second-order valence-corrected chi connectivity index (χ2v) is 7.75. The average molecular weight is 415 g/mol. The molecule has 3 heterocycles. The van der Waals surface area contributed by atoms with E-state index < -0.39 is 0 Å². The number of nitrogens with zero attached hydrogens (tertiary/aromatic N) is 3. The van der Waals surface area contributed by atoms with Gasteiger partial charge in [-0.05, 0) is 69.4 Å². The highest BCUT2D eigenvalue weighted by Crippen LogP contribution is 2.27. The van der Waals surface area contributed by atoms with Gasteiger partial charge in [-0.25, -0.2) is 4.98 Å². The third kappa shape index (κ3) is 4.78. The molecule has 7 nitrogen and oxygen atoms in total. The van der Waals surface area contributed by atoms with E-state index in [0.29, 0.717) is 17.1 Å². The van der Waals surface area contributed by atoms with Gasteiger partial charge in [-0.2, -0.15) is 0 Å². The van der Waals surface area contributed by atoms with E-state index in [0.717, 1.165) is 42.4 Å². The van der Waals surface area contributed by atoms with E-state index in [4.69, 9.17) is 0 Å². The molecule has 1 aliphatic heterocycles. The summed E-state index contributed by atoms with van der Waals surface area (Å²) in [6.07, 6.45) is 4.83. The van der Waals surface area contributed by atoms with Crippen molar-refractivity contribution in [3.8, 4) is 11.3 Å². The quantitative estimate of drug-likeness (QED) is 0.625. The van der Waals surface area contributed by atoms with Crippen molar-refractivity contribution in [3.05, 3.63) is 67.0 Å². The summed E-state index contributed by atoms with van der Waals surface area (Å²) >= 11 is 0. The lowest BCUT2D eigenvalue weighted by Crippen LogP contribution is -2.43. The monoisotopic (exact) mass is 415 g/mol. The predicted molar refractivity (Wildman–Crippen MR) is 122 cm³/mol. The molecule has 1 aliphatic rings. The van der Waals surface area contributed by atoms with Crippen LogP contribution in [0.5, 0.6) is 0 Å². The van der Waals surface area contributed by atoms with Gasteiger partial charge in [-0.1, -0.05) is 18.7 Å². The fourth-order valence-corrected chi connectivity index (χ4v) is 3.72. The Morgan fingerprint density at radius 2 is 1.94 bits per heavy atom. The Bertz CT molecular complexity index is 1140. The molecule has 7 heteroatoms. The van der Waals surface area contributed by atoms with E-state index in [1.165, 1.54) is 6.08 Å². The Morgan fingerprint density at radius 1 is 1.16 bits per heavy atom. The number of benzene rings is 1. The second kappa shape index (κ2) is 9.06. The number of anilines is 1. The first-order valence-corrected chi connectivity index (χ1v) is 10.3. The van der Waals surface area contributed by atoms with Crippen LogP contribution in [0.2, 0.25) is 0 Å². The van der Waals surface area contributed by atoms with Gasteiger partial charge in [0.15, 0.2) is 0 Å². The van der Waals surface area contributed by atoms with Crippen molar-refractivity contribution in [2.24, 2.45) is 0 Å². The van der Waals surface area contributed by atoms with E-state index in [1.807, 2.05) is 36.4 Å². The molecule has 0 unspecified atom stereocenters. The summed E-state index contributed by atoms with van der Waals surface area (Å²) in [4.78, 5) is 35.9. The van der Waals surface area contributed by atoms with Crippen LogP contribution in [0.3, 0.4) is 0 Å². The first-order valence-electron chi connectivity index (χ1n) is 10.3. The predicted octanol–water partition coefficient (Wildman–Crippen LogP) is 3.25. The summed E-state index contributed by atoms with van der Waals surface area (Å²) in [6.45, 7) is 5.45. The Hall–Kier alpha value is -3.58. The summed E-state index contributed by atoms with van der Waals surface area (Å²) in [5.41, 5.74) is 3.19. The number of amides is 2. The highest BCUT2D eigenvalue weighted by molar-refractivity contribution is 6.05. The number of pyridine rings is 2. The molecule has 4 rings (SSSR count). The fraction of sp³-hybridized carbons (Fsp3) is 0.250. The third-order valence-corrected chi connectivity index (χ3v) is 5.50. The molecule has 1 saturated heterocycles. The summed E-state index contributed by atoms with van der Waals surface area (Å²) in [5, 5.41) is 6.70. The van der Waals surface area contributed by atoms with Gasteiger partial charge in [0.05, 0.1) is 16.9 Å². The molecule has 3 aromatic rings. The number of carbonyl (C=O) groups excluding carboxylic acids is 2. The molecule has 1 fully saturated rings. The largest absolute Gasteiger partial charge is 0.348 e. The van der Waals surface area contributed by atoms with E-state index in [-0.39, 0.29) is 17.9 Å². The molecule has 0 aliphatic carbocycles. The van der Waals surface area contributed by atoms with Gasteiger partial charge < -0.3 is 15.5 Å². The standard InChI is InChI=1S/C24H25N5O2/c1-3-23(30)28-21-8-5-7-20-18(21)14-16(15-25-20)19-6-4-9-22(27-19)24(31)26-17-10-12-29(2)13-11-17/h3-9,14-15,17H,1,10-13H2,2H3,(H,26,31)(H,28,30). The van der Waals surface area contributed by atoms with Gasteiger partial charge in [0.25, 0.3) is 5.91 Å². The number of hydrogen-bond acceptors (Lipinski definition) is 5. The van der Waals surface area contributed by atoms with Crippen LogP contribution in [0.1, 0.15) is 23.3 Å². The number of carbonyl (C=O) groups is 2. The topological polar surface area (TPSA) is 87.2 Å². The van der Waals surface area contributed by atoms with Gasteiger partial charge in [0.2, 0.25) is 5.91 Å². The van der Waals surface area contributed by atoms with Crippen molar-refractivity contribution in [1.82, 2.24) is 20.2 Å². The molecule has 0 atom stereocenters. The van der Waals surface area contributed by atoms with Crippen molar-refractivity contribution in [2.45, 2.75) is 18.9 Å². The lowest BCUT2D eigenvalue weighted by atomic mass is 10.1. The van der Waals surface area contributed by atoms with Gasteiger partial charge in [0.1, 0.15) is 5.69 Å². The Balaban J connectivity index is 1.59. The summed E-state index contributed by atoms with van der Waals surface area (Å²) in [6, 6.07) is 13.0. The minimum Gasteiger partial charge on any atom is -0.348 e. The zero-order valence-corrected chi connectivity index (χ0v) is 17.5. The molecule has 2 N–H and O–H groups in total. The summed E-state index contributed by atoms with van der Waals surface area (Å²) in [7, 11) is 2.09. The van der Waals surface area contributed by atoms with Crippen LogP contribution < -0.4 is 10.6 Å². The number of piperidine rings is 1. The summed E-state index contributed by atoms with van der Waals surface area (Å²) < 4.78 is 0. The molecule has 0 radical (unpaired) electrons. The first kappa shape index (κ1) is 20.7. The highest BCUT2D eigenvalue weighted by Gasteiger charge is 2.20. The van der Waals surface area contributed by atoms with Crippen LogP contribution in [0.15, 0.2) is 61.3 Å². The number of rotatable bonds is 5. The van der Waals surface area contributed by atoms with Crippen LogP contribution in [-0.4, -0.2) is 52.9 Å². The zero-order valence-electron chi connectivity index (χ0n) is 17.5. The van der Waals surface area contributed by atoms with Gasteiger partial charge in [-0.3, -0.25) is 14.6 Å². The zero-order chi connectivity index (χ0) is 21.8. The molecule has 31 heavy (non-hydrogen) atoms. The van der Waals surface area contributed by atoms with Crippen molar-refractivity contribution in [1.29, 1.82) is 0 Å². The smallest absolute Gasteiger partial charge is 0.270 e. The van der Waals surface area contributed by atoms with Gasteiger partial charge in [0, 0.05) is 23.2 Å². The third-order valence-electron chi connectivity index (χ3n) is 5.50. The van der Waals surface area contributed by atoms with Gasteiger partial charge in [-0.15, -0.1) is 0 Å². The van der Waals surface area contributed by atoms with E-state index in [9.17, 15) is 9.59 Å². The maximum Gasteiger partial charge on any atom is 0.270 e. The minimum absolute atomic E-state index is 0.163. The molecular weight excluding hydrogens is 390 g/mol. The molecule has 158 valence electrons. The second-order valence-electron chi connectivity index (χ2n) is 7.75. The minimum atomic E-state index is -0.288. The van der Waals surface area contributed by atoms with Crippen molar-refractivity contribution >= 4 is 28.4 Å². The van der Waals surface area contributed by atoms with E-state index in [2.05, 4.69) is 39.1 Å². The van der Waals surface area contributed by atoms with Gasteiger partial charge >= 0.3 is 0 Å². The van der Waals surface area contributed by atoms with Crippen LogP contribution >= 0.6 is 0 Å². The molecule has 1 aromatic carbocycles. The number of likely N-dealkylation sites (tertiary alicyclic amines) is 1. The van der Waals surface area contributed by atoms with Crippen molar-refractivity contribution in [2.75, 3.05) is 25.5 Å². The normalized spacial score (nSPS) is 14.9. The Kier molecular flexibility index (Phi) is 6.04. The maximum atomic E-state index is 12.7. The highest BCUT2D eigenvalue weighted by atomic mass is 16.2. The Labute approximate surface area is 181 Å². The summed E-state index contributed by atoms with van der Waals surface area (Å²) in [5.74, 6) is -0.451. The number of nitrogens with one attached hydrogen (secondary N) is 2. The van der Waals surface area contributed by atoms with Crippen molar-refractivity contribution in [3.63, 3.8) is 0 Å². The fourth-order valence-electron chi connectivity index (χ4n) is 3.72. The maximum absolute atomic E-state index is 12.7. The molecule has 0 bridgehead atoms. The molecule has 0 saturated carbocycles. The SMILES string of the molecule is C=CC(=O)Nc1cccc2ncc(-c3cccc(C(=O)NC4CCN(C)CC4)n3)cc12. The molecule has 2 aromatic heterocycles. The molecule has 0 spiro atoms. The lowest BCUT2D eigenvalue weighted by Gasteiger charge is -2.29. The average Bonchev–Trinajstić information content (AvgIpc) is 2.80. The van der Waals surface area contributed by atoms with Crippen LogP contribution in [0.4, 0.5) is 5.69 Å². The van der Waals surface area contributed by atoms with E-state index in [1.54, 1.807) is 12.3 Å². The van der Waals surface area contributed by atoms with Crippen LogP contribution in [-0.2, 0) is 4.79 Å². The first-order chi connectivity index (χ1) is 15.0. The van der Waals surface area contributed by atoms with Crippen LogP contribution in [0.25, 0.3) is 22.2 Å². The lowest BCUT2D eigenvalue weighted by molar-refractivity contribution is -0.111. The molecule has 2 amide bonds. The van der Waals surface area contributed by atoms with Crippen LogP contribution in [0, 0.1) is 0 Å². The number of hydrogen-bond donors (Lipinski definition) is 2. The molecular formula is C24H25N5O2. The Morgan fingerprint density at radius 3 is 2.71 bits per heavy atom.